The van der Waals surface area contributed by atoms with Gasteiger partial charge in [-0.3, -0.25) is 4.79 Å². The van der Waals surface area contributed by atoms with E-state index in [0.717, 1.165) is 43.1 Å². The van der Waals surface area contributed by atoms with Gasteiger partial charge in [0.05, 0.1) is 13.7 Å². The van der Waals surface area contributed by atoms with Crippen LogP contribution in [0.5, 0.6) is 0 Å². The second-order valence-corrected chi connectivity index (χ2v) is 13.6. The average molecular weight is 462 g/mol. The predicted molar refractivity (Wildman–Crippen MR) is 133 cm³/mol. The van der Waals surface area contributed by atoms with Crippen LogP contribution in [0, 0.1) is 46.3 Å². The fourth-order valence-corrected chi connectivity index (χ4v) is 9.24. The maximum atomic E-state index is 11.8. The average Bonchev–Trinajstić information content (AvgIpc) is 3.10. The summed E-state index contributed by atoms with van der Waals surface area (Å²) in [5, 5.41) is 0. The van der Waals surface area contributed by atoms with E-state index in [1.54, 1.807) is 0 Å². The summed E-state index contributed by atoms with van der Waals surface area (Å²) in [6.45, 7) is 12.6. The molecule has 0 saturated heterocycles. The van der Waals surface area contributed by atoms with Crippen molar-refractivity contribution < 1.29 is 14.4 Å². The van der Waals surface area contributed by atoms with E-state index in [0.29, 0.717) is 29.1 Å². The Morgan fingerprint density at radius 2 is 1.79 bits per heavy atom. The normalized spacial score (nSPS) is 42.8. The van der Waals surface area contributed by atoms with E-state index in [1.807, 2.05) is 0 Å². The molecule has 4 aliphatic rings. The first kappa shape index (κ1) is 25.5. The highest BCUT2D eigenvalue weighted by atomic mass is 16.6. The molecule has 0 aromatic heterocycles. The smallest absolute Gasteiger partial charge is 0.305 e. The largest absolute Gasteiger partial charge is 0.469 e. The summed E-state index contributed by atoms with van der Waals surface area (Å²) in [5.74, 6) is 4.77. The molecule has 8 unspecified atom stereocenters. The van der Waals surface area contributed by atoms with Gasteiger partial charge in [-0.1, -0.05) is 26.7 Å². The molecular weight excluding hydrogens is 410 g/mol. The van der Waals surface area contributed by atoms with Gasteiger partial charge < -0.3 is 9.57 Å². The molecule has 0 amide bonds. The Morgan fingerprint density at radius 3 is 2.52 bits per heavy atom. The fourth-order valence-electron chi connectivity index (χ4n) is 9.24. The minimum atomic E-state index is -0.0591. The first-order valence-corrected chi connectivity index (χ1v) is 14.1. The Bertz CT molecular complexity index is 687. The van der Waals surface area contributed by atoms with Crippen LogP contribution < -0.4 is 5.48 Å². The third-order valence-electron chi connectivity index (χ3n) is 10.9. The number of rotatable bonds is 7. The summed E-state index contributed by atoms with van der Waals surface area (Å²) in [5.41, 5.74) is 4.17. The highest BCUT2D eigenvalue weighted by molar-refractivity contribution is 5.68. The number of hydrogen-bond donors (Lipinski definition) is 1. The van der Waals surface area contributed by atoms with Crippen LogP contribution in [0.2, 0.25) is 0 Å². The second-order valence-electron chi connectivity index (χ2n) is 13.6. The number of carbonyl (C=O) groups excluding carboxylic acids is 1. The maximum Gasteiger partial charge on any atom is 0.305 e. The Labute approximate surface area is 203 Å². The Morgan fingerprint density at radius 1 is 1.00 bits per heavy atom. The minimum absolute atomic E-state index is 0.0294. The second kappa shape index (κ2) is 9.80. The van der Waals surface area contributed by atoms with Gasteiger partial charge in [-0.2, -0.15) is 5.48 Å². The molecule has 0 aromatic rings. The number of ether oxygens (including phenoxy) is 1. The van der Waals surface area contributed by atoms with E-state index in [2.05, 4.69) is 40.1 Å². The van der Waals surface area contributed by atoms with Crippen molar-refractivity contribution in [3.05, 3.63) is 0 Å². The van der Waals surface area contributed by atoms with E-state index in [4.69, 9.17) is 9.57 Å². The molecule has 4 nitrogen and oxygen atoms in total. The molecule has 8 atom stereocenters. The van der Waals surface area contributed by atoms with Gasteiger partial charge in [0.2, 0.25) is 0 Å². The lowest BCUT2D eigenvalue weighted by atomic mass is 9.42. The molecule has 0 radical (unpaired) electrons. The maximum absolute atomic E-state index is 11.8. The number of methoxy groups -OCH3 is 1. The van der Waals surface area contributed by atoms with Crippen molar-refractivity contribution in [1.82, 2.24) is 5.48 Å². The lowest BCUT2D eigenvalue weighted by Gasteiger charge is -2.63. The molecule has 4 aliphatic carbocycles. The van der Waals surface area contributed by atoms with Gasteiger partial charge >= 0.3 is 5.97 Å². The molecule has 0 aliphatic heterocycles. The van der Waals surface area contributed by atoms with Crippen LogP contribution in [-0.4, -0.2) is 25.2 Å². The summed E-state index contributed by atoms with van der Waals surface area (Å²) >= 11 is 0. The molecule has 4 rings (SSSR count). The quantitative estimate of drug-likeness (QED) is 0.330. The molecule has 190 valence electrons. The Balaban J connectivity index is 1.56. The molecule has 4 heteroatoms. The standard InChI is InChI=1S/C29H51NO3/c1-27(2,3)30-33-19-22-18-25-23(15-13-20-10-7-8-17-28(20,25)4)24-16-14-21(29(22,24)5)11-9-12-26(31)32-6/h20-25,30H,7-19H2,1-6H3. The summed E-state index contributed by atoms with van der Waals surface area (Å²) < 4.78 is 4.92. The van der Waals surface area contributed by atoms with Gasteiger partial charge in [0, 0.05) is 12.0 Å². The Kier molecular flexibility index (Phi) is 7.57. The molecule has 4 fully saturated rings. The van der Waals surface area contributed by atoms with Crippen LogP contribution in [0.1, 0.15) is 112 Å². The number of nitrogens with one attached hydrogen (secondary N) is 1. The highest BCUT2D eigenvalue weighted by Crippen LogP contribution is 2.69. The zero-order valence-electron chi connectivity index (χ0n) is 22.4. The lowest BCUT2D eigenvalue weighted by molar-refractivity contribution is -0.161. The minimum Gasteiger partial charge on any atom is -0.469 e. The van der Waals surface area contributed by atoms with Crippen LogP contribution in [-0.2, 0) is 14.4 Å². The lowest BCUT2D eigenvalue weighted by Crippen LogP contribution is -2.57. The van der Waals surface area contributed by atoms with Gasteiger partial charge in [0.1, 0.15) is 0 Å². The molecule has 1 N–H and O–H groups in total. The molecule has 4 saturated carbocycles. The summed E-state index contributed by atoms with van der Waals surface area (Å²) in [7, 11) is 1.51. The molecular formula is C29H51NO3. The van der Waals surface area contributed by atoms with Gasteiger partial charge in [-0.15, -0.1) is 0 Å². The van der Waals surface area contributed by atoms with E-state index in [1.165, 1.54) is 64.9 Å². The summed E-state index contributed by atoms with van der Waals surface area (Å²) in [6.07, 6.45) is 15.4. The SMILES string of the molecule is COC(=O)CCCC1CCC2C3CCC4CCCCC4(C)C3CC(CONC(C)(C)C)C12C. The molecule has 0 bridgehead atoms. The number of hydroxylamine groups is 1. The van der Waals surface area contributed by atoms with Crippen LogP contribution in [0.15, 0.2) is 0 Å². The molecule has 0 aromatic carbocycles. The number of carbonyl (C=O) groups is 1. The first-order valence-electron chi connectivity index (χ1n) is 14.1. The van der Waals surface area contributed by atoms with Crippen molar-refractivity contribution in [1.29, 1.82) is 0 Å². The van der Waals surface area contributed by atoms with Crippen molar-refractivity contribution >= 4 is 5.97 Å². The van der Waals surface area contributed by atoms with Crippen molar-refractivity contribution in [3.63, 3.8) is 0 Å². The molecule has 33 heavy (non-hydrogen) atoms. The zero-order valence-corrected chi connectivity index (χ0v) is 22.4. The third-order valence-corrected chi connectivity index (χ3v) is 10.9. The summed E-state index contributed by atoms with van der Waals surface area (Å²) in [4.78, 5) is 18.0. The molecule has 0 heterocycles. The van der Waals surface area contributed by atoms with Crippen molar-refractivity contribution in [2.75, 3.05) is 13.7 Å². The van der Waals surface area contributed by atoms with Gasteiger partial charge in [0.25, 0.3) is 0 Å². The first-order chi connectivity index (χ1) is 15.6. The predicted octanol–water partition coefficient (Wildman–Crippen LogP) is 6.92. The van der Waals surface area contributed by atoms with Gasteiger partial charge in [-0.25, -0.2) is 0 Å². The number of esters is 1. The van der Waals surface area contributed by atoms with Gasteiger partial charge in [-0.05, 0) is 125 Å². The summed E-state index contributed by atoms with van der Waals surface area (Å²) in [6, 6.07) is 0. The van der Waals surface area contributed by atoms with Crippen LogP contribution in [0.4, 0.5) is 0 Å². The monoisotopic (exact) mass is 461 g/mol. The van der Waals surface area contributed by atoms with Crippen molar-refractivity contribution in [3.8, 4) is 0 Å². The Hall–Kier alpha value is -0.610. The molecule has 0 spiro atoms. The fraction of sp³-hybridized carbons (Fsp3) is 0.966. The van der Waals surface area contributed by atoms with Crippen LogP contribution in [0.3, 0.4) is 0 Å². The van der Waals surface area contributed by atoms with E-state index < -0.39 is 0 Å². The number of fused-ring (bicyclic) bond motifs is 5. The van der Waals surface area contributed by atoms with E-state index in [9.17, 15) is 4.79 Å². The highest BCUT2D eigenvalue weighted by Gasteiger charge is 2.62. The van der Waals surface area contributed by atoms with Crippen molar-refractivity contribution in [2.24, 2.45) is 46.3 Å². The zero-order chi connectivity index (χ0) is 23.9. The van der Waals surface area contributed by atoms with Gasteiger partial charge in [0.15, 0.2) is 0 Å². The van der Waals surface area contributed by atoms with E-state index in [-0.39, 0.29) is 11.5 Å². The van der Waals surface area contributed by atoms with Crippen molar-refractivity contribution in [2.45, 2.75) is 117 Å². The van der Waals surface area contributed by atoms with E-state index >= 15 is 0 Å². The number of hydrogen-bond acceptors (Lipinski definition) is 4. The topological polar surface area (TPSA) is 47.6 Å². The third kappa shape index (κ3) is 4.90. The van der Waals surface area contributed by atoms with Crippen LogP contribution in [0.25, 0.3) is 0 Å². The van der Waals surface area contributed by atoms with Crippen LogP contribution >= 0.6 is 0 Å².